The zero-order chi connectivity index (χ0) is 42.2. The molecule has 14 nitrogen and oxygen atoms in total. The molecule has 0 radical (unpaired) electrons. The molecule has 2 aliphatic heterocycles. The second kappa shape index (κ2) is 19.1. The molecular weight excluding hydrogens is 771 g/mol. The number of rotatable bonds is 20. The van der Waals surface area contributed by atoms with Gasteiger partial charge < -0.3 is 43.6 Å². The van der Waals surface area contributed by atoms with Crippen LogP contribution in [0.1, 0.15) is 72.3 Å². The fourth-order valence-corrected chi connectivity index (χ4v) is 9.25. The second-order valence-electron chi connectivity index (χ2n) is 15.6. The van der Waals surface area contributed by atoms with Gasteiger partial charge in [0.15, 0.2) is 11.5 Å². The highest BCUT2D eigenvalue weighted by atomic mass is 16.7. The van der Waals surface area contributed by atoms with Crippen LogP contribution in [0.2, 0.25) is 0 Å². The Bertz CT molecular complexity index is 2100. The zero-order valence-electron chi connectivity index (χ0n) is 33.9. The van der Waals surface area contributed by atoms with Crippen LogP contribution in [0.5, 0.6) is 23.0 Å². The number of hydrogen-bond donors (Lipinski definition) is 2. The predicted octanol–water partition coefficient (Wildman–Crippen LogP) is 7.49. The number of allylic oxidation sites excluding steroid dienone is 1. The quantitative estimate of drug-likeness (QED) is 0.0501. The molecule has 2 aliphatic carbocycles. The monoisotopic (exact) mass is 823 g/mol. The Hall–Kier alpha value is -5.70. The van der Waals surface area contributed by atoms with Gasteiger partial charge in [-0.05, 0) is 97.2 Å². The number of benzene rings is 3. The Balaban J connectivity index is 1.39. The maximum Gasteiger partial charge on any atom is 0.269 e. The first-order chi connectivity index (χ1) is 29.2. The van der Waals surface area contributed by atoms with Gasteiger partial charge in [0, 0.05) is 55.9 Å². The van der Waals surface area contributed by atoms with Crippen LogP contribution < -0.4 is 18.9 Å². The number of amides is 1. The number of non-ortho nitro benzene ring substituents is 1. The lowest BCUT2D eigenvalue weighted by atomic mass is 9.55. The number of hydrogen-bond acceptors (Lipinski definition) is 12. The van der Waals surface area contributed by atoms with E-state index in [0.29, 0.717) is 59.3 Å². The Labute approximate surface area is 349 Å². The first-order valence-electron chi connectivity index (χ1n) is 20.6. The maximum absolute atomic E-state index is 14.7. The van der Waals surface area contributed by atoms with E-state index in [1.807, 2.05) is 18.2 Å². The summed E-state index contributed by atoms with van der Waals surface area (Å²) < 4.78 is 31.5. The van der Waals surface area contributed by atoms with Crippen molar-refractivity contribution >= 4 is 17.3 Å². The summed E-state index contributed by atoms with van der Waals surface area (Å²) in [4.78, 5) is 33.3. The van der Waals surface area contributed by atoms with Crippen molar-refractivity contribution in [1.29, 1.82) is 0 Å². The molecule has 1 saturated carbocycles. The summed E-state index contributed by atoms with van der Waals surface area (Å²) in [6.45, 7) is 8.51. The molecular formula is C46H53N3O11. The van der Waals surface area contributed by atoms with E-state index >= 15 is 0 Å². The van der Waals surface area contributed by atoms with Crippen molar-refractivity contribution in [1.82, 2.24) is 4.90 Å². The van der Waals surface area contributed by atoms with Crippen molar-refractivity contribution in [3.63, 3.8) is 0 Å². The van der Waals surface area contributed by atoms with E-state index in [0.717, 1.165) is 36.8 Å². The first kappa shape index (κ1) is 42.4. The van der Waals surface area contributed by atoms with Gasteiger partial charge >= 0.3 is 0 Å². The van der Waals surface area contributed by atoms with Crippen LogP contribution in [0.4, 0.5) is 5.69 Å². The normalized spacial score (nSPS) is 24.0. The largest absolute Gasteiger partial charge is 0.490 e. The van der Waals surface area contributed by atoms with Crippen molar-refractivity contribution in [2.75, 3.05) is 40.3 Å². The van der Waals surface area contributed by atoms with Gasteiger partial charge in [-0.2, -0.15) is 0 Å². The molecule has 318 valence electrons. The number of unbranched alkanes of at least 4 members (excludes halogenated alkanes) is 2. The van der Waals surface area contributed by atoms with Gasteiger partial charge in [0.25, 0.3) is 11.6 Å². The second-order valence-corrected chi connectivity index (χ2v) is 15.6. The lowest BCUT2D eigenvalue weighted by Gasteiger charge is -2.59. The van der Waals surface area contributed by atoms with Gasteiger partial charge in [0.1, 0.15) is 30.8 Å². The fraction of sp³-hybridized carbons (Fsp3) is 0.435. The minimum absolute atomic E-state index is 0.0268. The molecule has 4 aliphatic rings. The summed E-state index contributed by atoms with van der Waals surface area (Å²) in [5.41, 5.74) is 3.49. The number of nitro groups is 1. The summed E-state index contributed by atoms with van der Waals surface area (Å²) in [5, 5.41) is 35.9. The van der Waals surface area contributed by atoms with Crippen LogP contribution in [-0.4, -0.2) is 83.8 Å². The number of carbonyl (C=O) groups excluding carboxylic acids is 1. The molecule has 60 heavy (non-hydrogen) atoms. The molecule has 0 aromatic heterocycles. The third kappa shape index (κ3) is 8.63. The number of carbonyl (C=O) groups is 1. The van der Waals surface area contributed by atoms with Crippen molar-refractivity contribution in [3.05, 3.63) is 124 Å². The minimum atomic E-state index is -1.44. The number of aliphatic hydroxyl groups is 2. The van der Waals surface area contributed by atoms with Crippen molar-refractivity contribution in [2.24, 2.45) is 22.9 Å². The summed E-state index contributed by atoms with van der Waals surface area (Å²) in [7, 11) is 1.74. The van der Waals surface area contributed by atoms with Crippen LogP contribution in [0.15, 0.2) is 103 Å². The summed E-state index contributed by atoms with van der Waals surface area (Å²) in [6, 6.07) is 16.3. The molecule has 1 fully saturated rings. The fourth-order valence-electron chi connectivity index (χ4n) is 9.25. The maximum atomic E-state index is 14.7. The highest BCUT2D eigenvalue weighted by Crippen LogP contribution is 2.62. The van der Waals surface area contributed by atoms with Crippen LogP contribution in [0, 0.1) is 27.9 Å². The predicted molar refractivity (Wildman–Crippen MR) is 223 cm³/mol. The lowest BCUT2D eigenvalue weighted by Crippen LogP contribution is -2.69. The lowest BCUT2D eigenvalue weighted by molar-refractivity contribution is -0.384. The molecule has 3 aromatic rings. The Morgan fingerprint density at radius 3 is 2.43 bits per heavy atom. The van der Waals surface area contributed by atoms with Gasteiger partial charge in [-0.3, -0.25) is 14.9 Å². The van der Waals surface area contributed by atoms with Gasteiger partial charge in [0.05, 0.1) is 23.2 Å². The van der Waals surface area contributed by atoms with Gasteiger partial charge in [-0.1, -0.05) is 42.8 Å². The van der Waals surface area contributed by atoms with Gasteiger partial charge in [0.2, 0.25) is 12.6 Å². The third-order valence-corrected chi connectivity index (χ3v) is 12.0. The molecule has 1 amide bonds. The van der Waals surface area contributed by atoms with Gasteiger partial charge in [-0.15, -0.1) is 6.58 Å². The molecule has 6 atom stereocenters. The van der Waals surface area contributed by atoms with Crippen LogP contribution >= 0.6 is 0 Å². The van der Waals surface area contributed by atoms with E-state index in [2.05, 4.69) is 19.2 Å². The van der Waals surface area contributed by atoms with Crippen LogP contribution in [-0.2, 0) is 16.2 Å². The zero-order valence-corrected chi connectivity index (χ0v) is 33.9. The SMILES string of the molecule is C=CCOc1ccc2c(c1)[C@H]1[C@H](CCCCO)[C@@H](CCCCO)C=C3C(=NOCc4ccc([N+](=O)[O-])cc4)C[C@H](N(C)C(=O)c4ccc5c(c4)OCO5)[C@@](OCC=C)(O2)[C@H]31. The molecule has 0 unspecified atom stereocenters. The molecule has 2 heterocycles. The molecule has 2 N–H and O–H groups in total. The topological polar surface area (TPSA) is 172 Å². The summed E-state index contributed by atoms with van der Waals surface area (Å²) in [6.07, 6.45) is 10.3. The molecule has 0 bridgehead atoms. The molecule has 0 saturated heterocycles. The van der Waals surface area contributed by atoms with E-state index in [4.69, 9.17) is 33.7 Å². The summed E-state index contributed by atoms with van der Waals surface area (Å²) in [5.74, 6) is -0.119. The highest BCUT2D eigenvalue weighted by molar-refractivity contribution is 6.03. The Morgan fingerprint density at radius 1 is 0.967 bits per heavy atom. The number of aliphatic hydroxyl groups excluding tert-OH is 2. The first-order valence-corrected chi connectivity index (χ1v) is 20.6. The minimum Gasteiger partial charge on any atom is -0.490 e. The molecule has 7 rings (SSSR count). The molecule has 3 aromatic carbocycles. The number of likely N-dealkylation sites (N-methyl/N-ethyl adjacent to an activating group) is 1. The number of oxime groups is 1. The number of nitrogens with zero attached hydrogens (tertiary/aromatic N) is 3. The number of ether oxygens (including phenoxy) is 5. The Morgan fingerprint density at radius 2 is 1.70 bits per heavy atom. The van der Waals surface area contributed by atoms with E-state index in [9.17, 15) is 25.1 Å². The average molecular weight is 824 g/mol. The van der Waals surface area contributed by atoms with Crippen LogP contribution in [0.3, 0.4) is 0 Å². The van der Waals surface area contributed by atoms with Gasteiger partial charge in [-0.25, -0.2) is 0 Å². The van der Waals surface area contributed by atoms with E-state index in [1.165, 1.54) is 12.1 Å². The average Bonchev–Trinajstić information content (AvgIpc) is 3.74. The van der Waals surface area contributed by atoms with E-state index < -0.39 is 22.7 Å². The Kier molecular flexibility index (Phi) is 13.5. The summed E-state index contributed by atoms with van der Waals surface area (Å²) >= 11 is 0. The molecule has 14 heteroatoms. The van der Waals surface area contributed by atoms with Crippen molar-refractivity contribution in [2.45, 2.75) is 69.3 Å². The highest BCUT2D eigenvalue weighted by Gasteiger charge is 2.65. The van der Waals surface area contributed by atoms with Crippen LogP contribution in [0.25, 0.3) is 0 Å². The van der Waals surface area contributed by atoms with Crippen molar-refractivity contribution in [3.8, 4) is 23.0 Å². The number of nitro benzene ring substituents is 1. The number of fused-ring (bicyclic) bond motifs is 3. The molecule has 0 spiro atoms. The van der Waals surface area contributed by atoms with E-state index in [-0.39, 0.29) is 69.0 Å². The third-order valence-electron chi connectivity index (χ3n) is 12.0. The van der Waals surface area contributed by atoms with E-state index in [1.54, 1.807) is 54.4 Å². The van der Waals surface area contributed by atoms with Crippen molar-refractivity contribution < 1.29 is 48.5 Å². The standard InChI is InChI=1S/C46H53N3O11/c1-4-22-55-34-17-19-39-37(26-34)43-35(11-7-9-21-51)31(10-6-8-20-50)24-36-38(47-59-28-30-12-15-33(16-13-30)49(53)54)27-42(46(60-39,44(36)43)58-23-5-2)48(3)45(52)32-14-18-40-41(25-32)57-29-56-40/h4-5,12-19,24-26,31,35,42-44,50-51H,1-2,6-11,20-23,27-29H2,3H3/t31-,35+,42-,43+,44+,46+/m0/s1. The smallest absolute Gasteiger partial charge is 0.269 e.